The lowest BCUT2D eigenvalue weighted by Crippen LogP contribution is -2.46. The third-order valence-corrected chi connectivity index (χ3v) is 4.63. The molecule has 0 aliphatic carbocycles. The molecule has 2 aromatic rings. The zero-order chi connectivity index (χ0) is 17.1. The van der Waals surface area contributed by atoms with Gasteiger partial charge in [0.25, 0.3) is 5.91 Å². The van der Waals surface area contributed by atoms with Crippen LogP contribution in [0.15, 0.2) is 42.5 Å². The Morgan fingerprint density at radius 3 is 2.42 bits per heavy atom. The summed E-state index contributed by atoms with van der Waals surface area (Å²) in [6.45, 7) is 5.97. The van der Waals surface area contributed by atoms with Crippen LogP contribution in [0.25, 0.3) is 10.8 Å². The molecule has 1 saturated heterocycles. The molecule has 24 heavy (non-hydrogen) atoms. The molecular formula is C20H24N2O2. The first-order valence-electron chi connectivity index (χ1n) is 8.57. The number of hydrogen-bond acceptors (Lipinski definition) is 2. The molecule has 0 radical (unpaired) electrons. The van der Waals surface area contributed by atoms with Crippen LogP contribution in [0.1, 0.15) is 30.6 Å². The third-order valence-electron chi connectivity index (χ3n) is 4.63. The molecule has 1 N–H and O–H groups in total. The second-order valence-corrected chi connectivity index (χ2v) is 6.99. The summed E-state index contributed by atoms with van der Waals surface area (Å²) < 4.78 is 0. The Balaban J connectivity index is 1.60. The molecule has 2 amide bonds. The van der Waals surface area contributed by atoms with Crippen molar-refractivity contribution in [3.63, 3.8) is 0 Å². The number of piperidine rings is 1. The number of nitrogens with one attached hydrogen (secondary N) is 1. The van der Waals surface area contributed by atoms with Gasteiger partial charge in [-0.1, -0.05) is 44.2 Å². The largest absolute Gasteiger partial charge is 0.343 e. The minimum atomic E-state index is -0.202. The Morgan fingerprint density at radius 2 is 1.71 bits per heavy atom. The summed E-state index contributed by atoms with van der Waals surface area (Å²) in [5, 5.41) is 4.88. The highest BCUT2D eigenvalue weighted by Gasteiger charge is 2.25. The first kappa shape index (κ1) is 16.5. The zero-order valence-corrected chi connectivity index (χ0v) is 14.3. The number of likely N-dealkylation sites (tertiary alicyclic amines) is 1. The van der Waals surface area contributed by atoms with Gasteiger partial charge in [0.05, 0.1) is 6.54 Å². The first-order valence-corrected chi connectivity index (χ1v) is 8.57. The number of hydrogen-bond donors (Lipinski definition) is 1. The van der Waals surface area contributed by atoms with Crippen LogP contribution in [-0.4, -0.2) is 36.3 Å². The van der Waals surface area contributed by atoms with Gasteiger partial charge in [0, 0.05) is 18.7 Å². The molecule has 4 nitrogen and oxygen atoms in total. The molecule has 1 aliphatic heterocycles. The molecule has 1 aliphatic rings. The molecule has 2 atom stereocenters. The Morgan fingerprint density at radius 1 is 1.04 bits per heavy atom. The number of nitrogens with zero attached hydrogens (tertiary/aromatic N) is 1. The van der Waals surface area contributed by atoms with Crippen molar-refractivity contribution in [2.75, 3.05) is 19.6 Å². The fourth-order valence-electron chi connectivity index (χ4n) is 3.57. The van der Waals surface area contributed by atoms with E-state index in [1.807, 2.05) is 41.3 Å². The number of fused-ring (bicyclic) bond motifs is 1. The minimum absolute atomic E-state index is 0.00235. The smallest absolute Gasteiger partial charge is 0.251 e. The SMILES string of the molecule is C[C@@H]1C[C@H](C)CN(C(=O)CNC(=O)c2ccc3ccccc3c2)C1. The molecule has 0 saturated carbocycles. The van der Waals surface area contributed by atoms with Gasteiger partial charge in [-0.15, -0.1) is 0 Å². The summed E-state index contributed by atoms with van der Waals surface area (Å²) in [6.07, 6.45) is 1.16. The molecule has 2 aromatic carbocycles. The Hall–Kier alpha value is -2.36. The van der Waals surface area contributed by atoms with Crippen LogP contribution < -0.4 is 5.32 Å². The number of rotatable bonds is 3. The second-order valence-electron chi connectivity index (χ2n) is 6.99. The van der Waals surface area contributed by atoms with E-state index in [0.717, 1.165) is 30.3 Å². The Kier molecular flexibility index (Phi) is 4.84. The maximum Gasteiger partial charge on any atom is 0.251 e. The second kappa shape index (κ2) is 7.04. The number of carbonyl (C=O) groups excluding carboxylic acids is 2. The molecule has 126 valence electrons. The summed E-state index contributed by atoms with van der Waals surface area (Å²) in [5.41, 5.74) is 0.585. The van der Waals surface area contributed by atoms with E-state index in [4.69, 9.17) is 0 Å². The monoisotopic (exact) mass is 324 g/mol. The first-order chi connectivity index (χ1) is 11.5. The number of carbonyl (C=O) groups is 2. The Bertz CT molecular complexity index is 746. The van der Waals surface area contributed by atoms with Gasteiger partial charge in [0.1, 0.15) is 0 Å². The van der Waals surface area contributed by atoms with Crippen molar-refractivity contribution in [3.8, 4) is 0 Å². The number of amides is 2. The number of benzene rings is 2. The van der Waals surface area contributed by atoms with E-state index in [-0.39, 0.29) is 18.4 Å². The molecular weight excluding hydrogens is 300 g/mol. The molecule has 1 fully saturated rings. The average molecular weight is 324 g/mol. The van der Waals surface area contributed by atoms with Crippen LogP contribution in [0.5, 0.6) is 0 Å². The molecule has 1 heterocycles. The van der Waals surface area contributed by atoms with Gasteiger partial charge in [-0.3, -0.25) is 9.59 Å². The molecule has 0 aromatic heterocycles. The van der Waals surface area contributed by atoms with Gasteiger partial charge in [-0.2, -0.15) is 0 Å². The highest BCUT2D eigenvalue weighted by molar-refractivity contribution is 6.00. The standard InChI is InChI=1S/C20H24N2O2/c1-14-9-15(2)13-22(12-14)19(23)11-21-20(24)18-8-7-16-5-3-4-6-17(16)10-18/h3-8,10,14-15H,9,11-13H2,1-2H3,(H,21,24)/t14-,15+. The maximum atomic E-state index is 12.3. The van der Waals surface area contributed by atoms with Gasteiger partial charge in [-0.25, -0.2) is 0 Å². The molecule has 0 unspecified atom stereocenters. The topological polar surface area (TPSA) is 49.4 Å². The van der Waals surface area contributed by atoms with Gasteiger partial charge in [0.2, 0.25) is 5.91 Å². The van der Waals surface area contributed by atoms with E-state index >= 15 is 0 Å². The highest BCUT2D eigenvalue weighted by atomic mass is 16.2. The highest BCUT2D eigenvalue weighted by Crippen LogP contribution is 2.20. The molecule has 3 rings (SSSR count). The van der Waals surface area contributed by atoms with Crippen molar-refractivity contribution in [3.05, 3.63) is 48.0 Å². The van der Waals surface area contributed by atoms with Crippen molar-refractivity contribution in [1.82, 2.24) is 10.2 Å². The van der Waals surface area contributed by atoms with Crippen LogP contribution in [0.4, 0.5) is 0 Å². The predicted octanol–water partition coefficient (Wildman–Crippen LogP) is 3.07. The molecule has 4 heteroatoms. The van der Waals surface area contributed by atoms with Gasteiger partial charge < -0.3 is 10.2 Å². The van der Waals surface area contributed by atoms with Gasteiger partial charge in [-0.05, 0) is 41.2 Å². The summed E-state index contributed by atoms with van der Waals surface area (Å²) in [4.78, 5) is 26.5. The van der Waals surface area contributed by atoms with Crippen molar-refractivity contribution in [2.24, 2.45) is 11.8 Å². The van der Waals surface area contributed by atoms with Crippen molar-refractivity contribution < 1.29 is 9.59 Å². The van der Waals surface area contributed by atoms with E-state index in [9.17, 15) is 9.59 Å². The average Bonchev–Trinajstić information content (AvgIpc) is 2.58. The van der Waals surface area contributed by atoms with Crippen molar-refractivity contribution >= 4 is 22.6 Å². The zero-order valence-electron chi connectivity index (χ0n) is 14.3. The van der Waals surface area contributed by atoms with Crippen molar-refractivity contribution in [1.29, 1.82) is 0 Å². The van der Waals surface area contributed by atoms with E-state index in [0.29, 0.717) is 17.4 Å². The summed E-state index contributed by atoms with van der Waals surface area (Å²) in [6, 6.07) is 13.5. The quantitative estimate of drug-likeness (QED) is 0.943. The van der Waals surface area contributed by atoms with Gasteiger partial charge >= 0.3 is 0 Å². The lowest BCUT2D eigenvalue weighted by Gasteiger charge is -2.35. The fourth-order valence-corrected chi connectivity index (χ4v) is 3.57. The van der Waals surface area contributed by atoms with E-state index in [1.54, 1.807) is 6.07 Å². The van der Waals surface area contributed by atoms with Crippen LogP contribution in [-0.2, 0) is 4.79 Å². The lowest BCUT2D eigenvalue weighted by atomic mass is 9.92. The predicted molar refractivity (Wildman–Crippen MR) is 95.8 cm³/mol. The fraction of sp³-hybridized carbons (Fsp3) is 0.400. The molecule has 0 bridgehead atoms. The summed E-state index contributed by atoms with van der Waals surface area (Å²) >= 11 is 0. The Labute approximate surface area is 142 Å². The summed E-state index contributed by atoms with van der Waals surface area (Å²) in [5.74, 6) is 0.845. The van der Waals surface area contributed by atoms with E-state index in [2.05, 4.69) is 19.2 Å². The molecule has 0 spiro atoms. The van der Waals surface area contributed by atoms with Crippen LogP contribution >= 0.6 is 0 Å². The van der Waals surface area contributed by atoms with E-state index in [1.165, 1.54) is 0 Å². The minimum Gasteiger partial charge on any atom is -0.343 e. The summed E-state index contributed by atoms with van der Waals surface area (Å²) in [7, 11) is 0. The van der Waals surface area contributed by atoms with Crippen molar-refractivity contribution in [2.45, 2.75) is 20.3 Å². The van der Waals surface area contributed by atoms with E-state index < -0.39 is 0 Å². The maximum absolute atomic E-state index is 12.3. The third kappa shape index (κ3) is 3.75. The van der Waals surface area contributed by atoms with Gasteiger partial charge in [0.15, 0.2) is 0 Å². The normalized spacial score (nSPS) is 20.8. The van der Waals surface area contributed by atoms with Crippen LogP contribution in [0.3, 0.4) is 0 Å². The van der Waals surface area contributed by atoms with Crippen LogP contribution in [0.2, 0.25) is 0 Å². The lowest BCUT2D eigenvalue weighted by molar-refractivity contribution is -0.132. The van der Waals surface area contributed by atoms with Crippen LogP contribution in [0, 0.1) is 11.8 Å².